The molecule has 0 aromatic carbocycles. The van der Waals surface area contributed by atoms with Crippen LogP contribution in [-0.2, 0) is 4.79 Å². The molecule has 1 aliphatic heterocycles. The second-order valence-electron chi connectivity index (χ2n) is 4.66. The Bertz CT molecular complexity index is 414. The number of pyridine rings is 1. The number of likely N-dealkylation sites (tertiary alicyclic amines) is 1. The summed E-state index contributed by atoms with van der Waals surface area (Å²) in [6.45, 7) is 3.57. The van der Waals surface area contributed by atoms with E-state index in [-0.39, 0.29) is 12.0 Å². The molecule has 2 heterocycles. The van der Waals surface area contributed by atoms with Crippen LogP contribution in [0.5, 0.6) is 5.88 Å². The molecule has 1 saturated heterocycles. The lowest BCUT2D eigenvalue weighted by Crippen LogP contribution is -2.35. The minimum absolute atomic E-state index is 0.126. The molecule has 5 heteroatoms. The van der Waals surface area contributed by atoms with Crippen LogP contribution in [0.15, 0.2) is 18.2 Å². The molecule has 5 nitrogen and oxygen atoms in total. The Hall–Kier alpha value is -1.62. The average molecular weight is 249 g/mol. The summed E-state index contributed by atoms with van der Waals surface area (Å²) < 4.78 is 5.84. The van der Waals surface area contributed by atoms with Crippen LogP contribution >= 0.6 is 0 Å². The zero-order valence-electron chi connectivity index (χ0n) is 10.8. The van der Waals surface area contributed by atoms with Gasteiger partial charge in [-0.3, -0.25) is 4.79 Å². The maximum atomic E-state index is 11.0. The number of anilines is 1. The van der Waals surface area contributed by atoms with Crippen molar-refractivity contribution in [3.63, 3.8) is 0 Å². The van der Waals surface area contributed by atoms with Crippen molar-refractivity contribution in [2.45, 2.75) is 25.9 Å². The Kier molecular flexibility index (Phi) is 4.15. The lowest BCUT2D eigenvalue weighted by Gasteiger charge is -2.28. The van der Waals surface area contributed by atoms with Crippen LogP contribution in [-0.4, -0.2) is 42.0 Å². The summed E-state index contributed by atoms with van der Waals surface area (Å²) in [7, 11) is 2.12. The number of carbonyl (C=O) groups is 1. The molecule has 0 aliphatic carbocycles. The highest BCUT2D eigenvalue weighted by Crippen LogP contribution is 2.18. The molecule has 0 saturated carbocycles. The minimum atomic E-state index is -0.126. The zero-order chi connectivity index (χ0) is 13.0. The average Bonchev–Trinajstić information content (AvgIpc) is 2.32. The standard InChI is InChI=1S/C13H19N3O2/c1-10(17)14-12-4-3-5-13(15-12)18-11-6-8-16(2)9-7-11/h3-5,11H,6-9H2,1-2H3,(H,14,15,17). The van der Waals surface area contributed by atoms with Crippen molar-refractivity contribution >= 4 is 11.7 Å². The van der Waals surface area contributed by atoms with Crippen molar-refractivity contribution in [2.24, 2.45) is 0 Å². The van der Waals surface area contributed by atoms with Gasteiger partial charge in [-0.05, 0) is 26.0 Å². The lowest BCUT2D eigenvalue weighted by molar-refractivity contribution is -0.114. The summed E-state index contributed by atoms with van der Waals surface area (Å²) in [6, 6.07) is 5.41. The second kappa shape index (κ2) is 5.82. The van der Waals surface area contributed by atoms with Crippen molar-refractivity contribution in [1.82, 2.24) is 9.88 Å². The maximum absolute atomic E-state index is 11.0. The summed E-state index contributed by atoms with van der Waals surface area (Å²) >= 11 is 0. The first-order valence-electron chi connectivity index (χ1n) is 6.23. The first-order chi connectivity index (χ1) is 8.63. The molecule has 1 aromatic rings. The molecule has 0 spiro atoms. The number of hydrogen-bond donors (Lipinski definition) is 1. The van der Waals surface area contributed by atoms with E-state index in [2.05, 4.69) is 22.2 Å². The van der Waals surface area contributed by atoms with Crippen LogP contribution in [0.4, 0.5) is 5.82 Å². The van der Waals surface area contributed by atoms with E-state index >= 15 is 0 Å². The summed E-state index contributed by atoms with van der Waals surface area (Å²) in [6.07, 6.45) is 2.26. The van der Waals surface area contributed by atoms with E-state index in [0.717, 1.165) is 25.9 Å². The summed E-state index contributed by atoms with van der Waals surface area (Å²) in [5.74, 6) is 0.989. The molecule has 0 unspecified atom stereocenters. The van der Waals surface area contributed by atoms with Crippen LogP contribution in [0.1, 0.15) is 19.8 Å². The molecular weight excluding hydrogens is 230 g/mol. The summed E-state index contributed by atoms with van der Waals surface area (Å²) in [5.41, 5.74) is 0. The van der Waals surface area contributed by atoms with E-state index in [1.807, 2.05) is 12.1 Å². The Morgan fingerprint density at radius 2 is 2.17 bits per heavy atom. The molecule has 1 amide bonds. The van der Waals surface area contributed by atoms with Gasteiger partial charge in [0.1, 0.15) is 11.9 Å². The Morgan fingerprint density at radius 1 is 1.44 bits per heavy atom. The molecule has 0 radical (unpaired) electrons. The van der Waals surface area contributed by atoms with Gasteiger partial charge in [0.05, 0.1) is 0 Å². The molecule has 1 N–H and O–H groups in total. The zero-order valence-corrected chi connectivity index (χ0v) is 10.8. The highest BCUT2D eigenvalue weighted by atomic mass is 16.5. The predicted molar refractivity (Wildman–Crippen MR) is 69.7 cm³/mol. The van der Waals surface area contributed by atoms with Crippen molar-refractivity contribution in [3.8, 4) is 5.88 Å². The van der Waals surface area contributed by atoms with Crippen molar-refractivity contribution < 1.29 is 9.53 Å². The number of carbonyl (C=O) groups excluding carboxylic acids is 1. The molecule has 1 fully saturated rings. The molecule has 2 rings (SSSR count). The topological polar surface area (TPSA) is 54.5 Å². The Balaban J connectivity index is 1.94. The van der Waals surface area contributed by atoms with Crippen LogP contribution in [0.3, 0.4) is 0 Å². The SMILES string of the molecule is CC(=O)Nc1cccc(OC2CCN(C)CC2)n1. The van der Waals surface area contributed by atoms with E-state index in [9.17, 15) is 4.79 Å². The molecule has 98 valence electrons. The molecular formula is C13H19N3O2. The number of nitrogens with zero attached hydrogens (tertiary/aromatic N) is 2. The van der Waals surface area contributed by atoms with Crippen LogP contribution in [0.25, 0.3) is 0 Å². The van der Waals surface area contributed by atoms with Crippen molar-refractivity contribution in [1.29, 1.82) is 0 Å². The molecule has 18 heavy (non-hydrogen) atoms. The summed E-state index contributed by atoms with van der Waals surface area (Å²) in [4.78, 5) is 17.5. The molecule has 1 aliphatic rings. The van der Waals surface area contributed by atoms with Gasteiger partial charge >= 0.3 is 0 Å². The fourth-order valence-electron chi connectivity index (χ4n) is 2.00. The van der Waals surface area contributed by atoms with Crippen molar-refractivity contribution in [3.05, 3.63) is 18.2 Å². The van der Waals surface area contributed by atoms with E-state index in [4.69, 9.17) is 4.74 Å². The number of rotatable bonds is 3. The lowest BCUT2D eigenvalue weighted by atomic mass is 10.1. The highest BCUT2D eigenvalue weighted by Gasteiger charge is 2.18. The maximum Gasteiger partial charge on any atom is 0.222 e. The van der Waals surface area contributed by atoms with Gasteiger partial charge in [-0.2, -0.15) is 4.98 Å². The van der Waals surface area contributed by atoms with Gasteiger partial charge in [-0.15, -0.1) is 0 Å². The van der Waals surface area contributed by atoms with Gasteiger partial charge in [-0.1, -0.05) is 6.07 Å². The third-order valence-corrected chi connectivity index (χ3v) is 2.98. The smallest absolute Gasteiger partial charge is 0.222 e. The van der Waals surface area contributed by atoms with Gasteiger partial charge in [0.15, 0.2) is 0 Å². The van der Waals surface area contributed by atoms with E-state index in [1.54, 1.807) is 6.07 Å². The van der Waals surface area contributed by atoms with Gasteiger partial charge in [0.25, 0.3) is 0 Å². The second-order valence-corrected chi connectivity index (χ2v) is 4.66. The third kappa shape index (κ3) is 3.70. The van der Waals surface area contributed by atoms with Gasteiger partial charge < -0.3 is 15.0 Å². The van der Waals surface area contributed by atoms with Crippen LogP contribution in [0, 0.1) is 0 Å². The Labute approximate surface area is 107 Å². The first-order valence-corrected chi connectivity index (χ1v) is 6.23. The van der Waals surface area contributed by atoms with Gasteiger partial charge in [0.2, 0.25) is 11.8 Å². The minimum Gasteiger partial charge on any atom is -0.474 e. The fourth-order valence-corrected chi connectivity index (χ4v) is 2.00. The van der Waals surface area contributed by atoms with Gasteiger partial charge in [-0.25, -0.2) is 0 Å². The largest absolute Gasteiger partial charge is 0.474 e. The van der Waals surface area contributed by atoms with E-state index < -0.39 is 0 Å². The first kappa shape index (κ1) is 12.8. The van der Waals surface area contributed by atoms with Gasteiger partial charge in [0, 0.05) is 26.1 Å². The number of ether oxygens (including phenoxy) is 1. The number of hydrogen-bond acceptors (Lipinski definition) is 4. The molecule has 0 bridgehead atoms. The van der Waals surface area contributed by atoms with Crippen LogP contribution < -0.4 is 10.1 Å². The number of piperidine rings is 1. The normalized spacial score (nSPS) is 17.4. The van der Waals surface area contributed by atoms with Crippen molar-refractivity contribution in [2.75, 3.05) is 25.5 Å². The number of amides is 1. The Morgan fingerprint density at radius 3 is 2.83 bits per heavy atom. The highest BCUT2D eigenvalue weighted by molar-refractivity contribution is 5.87. The number of nitrogens with one attached hydrogen (secondary N) is 1. The number of aromatic nitrogens is 1. The predicted octanol–water partition coefficient (Wildman–Crippen LogP) is 1.51. The van der Waals surface area contributed by atoms with Crippen LogP contribution in [0.2, 0.25) is 0 Å². The monoisotopic (exact) mass is 249 g/mol. The molecule has 1 aromatic heterocycles. The summed E-state index contributed by atoms with van der Waals surface area (Å²) in [5, 5.41) is 2.65. The van der Waals surface area contributed by atoms with E-state index in [1.165, 1.54) is 6.92 Å². The fraction of sp³-hybridized carbons (Fsp3) is 0.538. The molecule has 0 atom stereocenters. The third-order valence-electron chi connectivity index (χ3n) is 2.98. The van der Waals surface area contributed by atoms with E-state index in [0.29, 0.717) is 11.7 Å². The quantitative estimate of drug-likeness (QED) is 0.882.